The summed E-state index contributed by atoms with van der Waals surface area (Å²) in [5, 5.41) is 9.40. The zero-order valence-corrected chi connectivity index (χ0v) is 10.8. The summed E-state index contributed by atoms with van der Waals surface area (Å²) >= 11 is 0. The van der Waals surface area contributed by atoms with Crippen molar-refractivity contribution >= 4 is 11.9 Å². The van der Waals surface area contributed by atoms with Gasteiger partial charge in [0, 0.05) is 12.7 Å². The normalized spacial score (nSPS) is 28.4. The van der Waals surface area contributed by atoms with E-state index in [2.05, 4.69) is 4.98 Å². The number of carbonyl (C=O) groups excluding carboxylic acids is 1. The molecule has 0 aromatic carbocycles. The van der Waals surface area contributed by atoms with Crippen LogP contribution in [0.5, 0.6) is 0 Å². The van der Waals surface area contributed by atoms with E-state index < -0.39 is 23.7 Å². The summed E-state index contributed by atoms with van der Waals surface area (Å²) in [4.78, 5) is 28.8. The highest BCUT2D eigenvalue weighted by Gasteiger charge is 2.49. The Kier molecular flexibility index (Phi) is 3.16. The van der Waals surface area contributed by atoms with Gasteiger partial charge in [-0.1, -0.05) is 6.42 Å². The molecule has 2 aliphatic rings. The van der Waals surface area contributed by atoms with Crippen LogP contribution in [0.25, 0.3) is 0 Å². The lowest BCUT2D eigenvalue weighted by atomic mass is 9.94. The summed E-state index contributed by atoms with van der Waals surface area (Å²) in [5.41, 5.74) is -0.105. The number of hydrogen-bond donors (Lipinski definition) is 1. The summed E-state index contributed by atoms with van der Waals surface area (Å²) in [5.74, 6) is -2.03. The monoisotopic (exact) mass is 278 g/mol. The van der Waals surface area contributed by atoms with Crippen molar-refractivity contribution in [2.45, 2.75) is 25.3 Å². The molecule has 1 aromatic heterocycles. The number of halogens is 1. The molecular formula is C14H15FN2O3. The van der Waals surface area contributed by atoms with Gasteiger partial charge < -0.3 is 10.0 Å². The highest BCUT2D eigenvalue weighted by Crippen LogP contribution is 2.42. The number of fused-ring (bicyclic) bond motifs is 1. The van der Waals surface area contributed by atoms with Crippen LogP contribution >= 0.6 is 0 Å². The number of aliphatic carboxylic acids is 1. The number of carboxylic acid groups (broad SMARTS) is 1. The van der Waals surface area contributed by atoms with E-state index in [4.69, 9.17) is 0 Å². The zero-order chi connectivity index (χ0) is 14.3. The van der Waals surface area contributed by atoms with Crippen molar-refractivity contribution in [2.75, 3.05) is 6.54 Å². The fourth-order valence-corrected chi connectivity index (χ4v) is 3.53. The Balaban J connectivity index is 1.91. The summed E-state index contributed by atoms with van der Waals surface area (Å²) in [6.45, 7) is 0.405. The SMILES string of the molecule is O=C(O)C1C2CCCC2CN1C(=O)c1ccncc1F. The topological polar surface area (TPSA) is 70.5 Å². The van der Waals surface area contributed by atoms with Crippen molar-refractivity contribution < 1.29 is 19.1 Å². The molecule has 2 heterocycles. The lowest BCUT2D eigenvalue weighted by Gasteiger charge is -2.24. The Morgan fingerprint density at radius 1 is 1.40 bits per heavy atom. The first kappa shape index (κ1) is 13.0. The van der Waals surface area contributed by atoms with Crippen LogP contribution in [0, 0.1) is 17.7 Å². The van der Waals surface area contributed by atoms with E-state index in [0.29, 0.717) is 6.54 Å². The number of aromatic nitrogens is 1. The van der Waals surface area contributed by atoms with E-state index in [1.54, 1.807) is 0 Å². The van der Waals surface area contributed by atoms with Gasteiger partial charge in [0.1, 0.15) is 6.04 Å². The smallest absolute Gasteiger partial charge is 0.326 e. The first-order valence-electron chi connectivity index (χ1n) is 6.73. The number of amides is 1. The summed E-state index contributed by atoms with van der Waals surface area (Å²) in [6, 6.07) is 0.465. The highest BCUT2D eigenvalue weighted by molar-refractivity contribution is 5.97. The molecule has 106 valence electrons. The van der Waals surface area contributed by atoms with E-state index >= 15 is 0 Å². The molecule has 1 aliphatic carbocycles. The molecule has 1 amide bonds. The van der Waals surface area contributed by atoms with Crippen LogP contribution in [0.2, 0.25) is 0 Å². The first-order valence-corrected chi connectivity index (χ1v) is 6.73. The molecule has 0 spiro atoms. The quantitative estimate of drug-likeness (QED) is 0.891. The molecule has 3 atom stereocenters. The molecule has 1 saturated carbocycles. The molecule has 3 unspecified atom stereocenters. The van der Waals surface area contributed by atoms with Gasteiger partial charge in [-0.3, -0.25) is 9.78 Å². The molecule has 1 aromatic rings. The number of hydrogen-bond acceptors (Lipinski definition) is 3. The van der Waals surface area contributed by atoms with Gasteiger partial charge >= 0.3 is 5.97 Å². The van der Waals surface area contributed by atoms with Crippen LogP contribution in [-0.4, -0.2) is 39.5 Å². The van der Waals surface area contributed by atoms with Gasteiger partial charge in [-0.15, -0.1) is 0 Å². The third kappa shape index (κ3) is 1.95. The maximum Gasteiger partial charge on any atom is 0.326 e. The molecule has 1 aliphatic heterocycles. The molecular weight excluding hydrogens is 263 g/mol. The summed E-state index contributed by atoms with van der Waals surface area (Å²) in [6.07, 6.45) is 5.08. The third-order valence-electron chi connectivity index (χ3n) is 4.41. The number of rotatable bonds is 2. The predicted molar refractivity (Wildman–Crippen MR) is 67.5 cm³/mol. The third-order valence-corrected chi connectivity index (χ3v) is 4.41. The molecule has 3 rings (SSSR count). The predicted octanol–water partition coefficient (Wildman–Crippen LogP) is 1.55. The van der Waals surface area contributed by atoms with Crippen LogP contribution < -0.4 is 0 Å². The van der Waals surface area contributed by atoms with Gasteiger partial charge in [0.15, 0.2) is 5.82 Å². The minimum atomic E-state index is -0.998. The Labute approximate surface area is 115 Å². The van der Waals surface area contributed by atoms with E-state index in [1.165, 1.54) is 17.2 Å². The average Bonchev–Trinajstić information content (AvgIpc) is 2.97. The number of likely N-dealkylation sites (tertiary alicyclic amines) is 1. The van der Waals surface area contributed by atoms with E-state index in [-0.39, 0.29) is 17.4 Å². The second-order valence-electron chi connectivity index (χ2n) is 5.45. The van der Waals surface area contributed by atoms with E-state index in [1.807, 2.05) is 0 Å². The van der Waals surface area contributed by atoms with Crippen LogP contribution in [0.1, 0.15) is 29.6 Å². The standard InChI is InChI=1S/C14H15FN2O3/c15-11-6-16-5-4-10(11)13(18)17-7-8-2-1-3-9(8)12(17)14(19)20/h4-6,8-9,12H,1-3,7H2,(H,19,20). The van der Waals surface area contributed by atoms with Crippen LogP contribution in [-0.2, 0) is 4.79 Å². The fraction of sp³-hybridized carbons (Fsp3) is 0.500. The van der Waals surface area contributed by atoms with Crippen molar-refractivity contribution in [3.05, 3.63) is 29.8 Å². The molecule has 6 heteroatoms. The van der Waals surface area contributed by atoms with Crippen LogP contribution in [0.4, 0.5) is 4.39 Å². The molecule has 0 radical (unpaired) electrons. The van der Waals surface area contributed by atoms with E-state index in [0.717, 1.165) is 25.5 Å². The second-order valence-corrected chi connectivity index (χ2v) is 5.45. The molecule has 0 bridgehead atoms. The van der Waals surface area contributed by atoms with Crippen molar-refractivity contribution in [1.29, 1.82) is 0 Å². The zero-order valence-electron chi connectivity index (χ0n) is 10.8. The van der Waals surface area contributed by atoms with Crippen LogP contribution in [0.15, 0.2) is 18.5 Å². The Morgan fingerprint density at radius 3 is 2.90 bits per heavy atom. The van der Waals surface area contributed by atoms with E-state index in [9.17, 15) is 19.1 Å². The van der Waals surface area contributed by atoms with Gasteiger partial charge in [0.25, 0.3) is 5.91 Å². The Hall–Kier alpha value is -1.98. The van der Waals surface area contributed by atoms with Crippen molar-refractivity contribution in [3.63, 3.8) is 0 Å². The average molecular weight is 278 g/mol. The van der Waals surface area contributed by atoms with Gasteiger partial charge in [-0.2, -0.15) is 0 Å². The fourth-order valence-electron chi connectivity index (χ4n) is 3.53. The number of pyridine rings is 1. The van der Waals surface area contributed by atoms with Gasteiger partial charge in [0.05, 0.1) is 11.8 Å². The second kappa shape index (κ2) is 4.85. The largest absolute Gasteiger partial charge is 0.480 e. The Bertz CT molecular complexity index is 563. The molecule has 20 heavy (non-hydrogen) atoms. The van der Waals surface area contributed by atoms with Crippen molar-refractivity contribution in [3.8, 4) is 0 Å². The van der Waals surface area contributed by atoms with Gasteiger partial charge in [-0.05, 0) is 30.7 Å². The van der Waals surface area contributed by atoms with Crippen molar-refractivity contribution in [1.82, 2.24) is 9.88 Å². The molecule has 1 saturated heterocycles. The highest BCUT2D eigenvalue weighted by atomic mass is 19.1. The number of carboxylic acids is 1. The maximum atomic E-state index is 13.7. The summed E-state index contributed by atoms with van der Waals surface area (Å²) in [7, 11) is 0. The summed E-state index contributed by atoms with van der Waals surface area (Å²) < 4.78 is 13.7. The van der Waals surface area contributed by atoms with Crippen LogP contribution in [0.3, 0.4) is 0 Å². The first-order chi connectivity index (χ1) is 9.59. The van der Waals surface area contributed by atoms with Gasteiger partial charge in [-0.25, -0.2) is 9.18 Å². The minimum Gasteiger partial charge on any atom is -0.480 e. The van der Waals surface area contributed by atoms with Crippen molar-refractivity contribution in [2.24, 2.45) is 11.8 Å². The minimum absolute atomic E-state index is 0.00125. The Morgan fingerprint density at radius 2 is 2.20 bits per heavy atom. The van der Waals surface area contributed by atoms with Gasteiger partial charge in [0.2, 0.25) is 0 Å². The number of nitrogens with zero attached hydrogens (tertiary/aromatic N) is 2. The maximum absolute atomic E-state index is 13.7. The molecule has 5 nitrogen and oxygen atoms in total. The lowest BCUT2D eigenvalue weighted by Crippen LogP contribution is -2.43. The molecule has 2 fully saturated rings. The molecule has 1 N–H and O–H groups in total. The lowest BCUT2D eigenvalue weighted by molar-refractivity contribution is -0.142. The number of carbonyl (C=O) groups is 2.